The topological polar surface area (TPSA) is 90.9 Å². The molecule has 0 spiro atoms. The zero-order valence-corrected chi connectivity index (χ0v) is 16.1. The molecule has 1 amide bonds. The summed E-state index contributed by atoms with van der Waals surface area (Å²) in [6.45, 7) is 3.45. The van der Waals surface area contributed by atoms with E-state index in [9.17, 15) is 14.4 Å². The molecule has 1 atom stereocenters. The van der Waals surface area contributed by atoms with Crippen molar-refractivity contribution in [2.45, 2.75) is 32.9 Å². The molecular formula is C21H23NO6. The molecule has 1 aliphatic heterocycles. The molecule has 0 aliphatic carbocycles. The predicted octanol–water partition coefficient (Wildman–Crippen LogP) is 2.41. The lowest BCUT2D eigenvalue weighted by Crippen LogP contribution is -2.41. The van der Waals surface area contributed by atoms with Gasteiger partial charge in [0.2, 0.25) is 5.91 Å². The summed E-state index contributed by atoms with van der Waals surface area (Å²) < 4.78 is 14.6. The average molecular weight is 385 g/mol. The molecule has 0 bridgehead atoms. The number of amides is 1. The van der Waals surface area contributed by atoms with Crippen molar-refractivity contribution in [2.24, 2.45) is 0 Å². The molecule has 1 heterocycles. The van der Waals surface area contributed by atoms with E-state index in [2.05, 4.69) is 16.1 Å². The third-order valence-electron chi connectivity index (χ3n) is 3.84. The van der Waals surface area contributed by atoms with E-state index in [1.807, 2.05) is 18.2 Å². The molecule has 2 aromatic carbocycles. The first kappa shape index (κ1) is 21.0. The molecule has 0 radical (unpaired) electrons. The van der Waals surface area contributed by atoms with Crippen molar-refractivity contribution in [3.63, 3.8) is 0 Å². The number of fused-ring (bicyclic) bond motifs is 1. The maximum atomic E-state index is 11.6. The molecule has 148 valence electrons. The van der Waals surface area contributed by atoms with E-state index >= 15 is 0 Å². The van der Waals surface area contributed by atoms with E-state index in [-0.39, 0.29) is 5.91 Å². The Hall–Kier alpha value is -3.35. The monoisotopic (exact) mass is 385 g/mol. The lowest BCUT2D eigenvalue weighted by Gasteiger charge is -2.18. The van der Waals surface area contributed by atoms with Gasteiger partial charge in [-0.05, 0) is 23.8 Å². The normalized spacial score (nSPS) is 12.0. The molecule has 7 nitrogen and oxygen atoms in total. The van der Waals surface area contributed by atoms with Crippen LogP contribution in [0.1, 0.15) is 25.0 Å². The maximum absolute atomic E-state index is 11.6. The molecular weight excluding hydrogens is 362 g/mol. The van der Waals surface area contributed by atoms with Crippen molar-refractivity contribution in [1.29, 1.82) is 0 Å². The maximum Gasteiger partial charge on any atom is 0.328 e. The number of carbonyl (C=O) groups is 3. The number of ether oxygens (including phenoxy) is 3. The molecule has 1 unspecified atom stereocenters. The quantitative estimate of drug-likeness (QED) is 0.628. The van der Waals surface area contributed by atoms with Crippen LogP contribution >= 0.6 is 0 Å². The zero-order chi connectivity index (χ0) is 20.5. The van der Waals surface area contributed by atoms with Gasteiger partial charge < -0.3 is 19.5 Å². The van der Waals surface area contributed by atoms with Crippen LogP contribution < -0.4 is 14.8 Å². The van der Waals surface area contributed by atoms with Gasteiger partial charge in [0, 0.05) is 25.8 Å². The third kappa shape index (κ3) is 6.42. The number of benzene rings is 2. The van der Waals surface area contributed by atoms with Gasteiger partial charge in [-0.3, -0.25) is 9.59 Å². The third-order valence-corrected chi connectivity index (χ3v) is 3.84. The Morgan fingerprint density at radius 1 is 1.07 bits per heavy atom. The highest BCUT2D eigenvalue weighted by Gasteiger charge is 2.20. The Labute approximate surface area is 163 Å². The molecule has 3 rings (SSSR count). The Kier molecular flexibility index (Phi) is 7.56. The minimum atomic E-state index is -0.739. The Morgan fingerprint density at radius 2 is 1.75 bits per heavy atom. The van der Waals surface area contributed by atoms with Crippen LogP contribution in [0.15, 0.2) is 48.5 Å². The van der Waals surface area contributed by atoms with Crippen LogP contribution in [0.3, 0.4) is 0 Å². The minimum absolute atomic E-state index is 0.298. The van der Waals surface area contributed by atoms with Crippen LogP contribution in [0.4, 0.5) is 0 Å². The van der Waals surface area contributed by atoms with Gasteiger partial charge in [-0.25, -0.2) is 4.79 Å². The van der Waals surface area contributed by atoms with Crippen molar-refractivity contribution < 1.29 is 28.6 Å². The highest BCUT2D eigenvalue weighted by atomic mass is 16.5. The van der Waals surface area contributed by atoms with Gasteiger partial charge in [0.05, 0.1) is 7.11 Å². The summed E-state index contributed by atoms with van der Waals surface area (Å²) in [6.07, 6.45) is 0.298. The summed E-state index contributed by atoms with van der Waals surface area (Å²) in [6, 6.07) is 14.0. The number of hydrogen-bond acceptors (Lipinski definition) is 6. The van der Waals surface area contributed by atoms with E-state index in [0.717, 1.165) is 17.9 Å². The molecule has 7 heteroatoms. The summed E-state index contributed by atoms with van der Waals surface area (Å²) in [5, 5.41) is 2.53. The highest BCUT2D eigenvalue weighted by molar-refractivity contribution is 5.83. The number of carbonyl (C=O) groups excluding carboxylic acids is 3. The molecule has 0 aromatic heterocycles. The number of hydrogen-bond donors (Lipinski definition) is 1. The fraction of sp³-hybridized carbons (Fsp3) is 0.286. The van der Waals surface area contributed by atoms with Crippen molar-refractivity contribution in [3.8, 4) is 11.5 Å². The predicted molar refractivity (Wildman–Crippen MR) is 102 cm³/mol. The van der Waals surface area contributed by atoms with Crippen LogP contribution in [-0.2, 0) is 32.1 Å². The van der Waals surface area contributed by atoms with E-state index in [0.29, 0.717) is 12.2 Å². The van der Waals surface area contributed by atoms with Gasteiger partial charge in [0.15, 0.2) is 0 Å². The number of rotatable bonds is 5. The second-order valence-corrected chi connectivity index (χ2v) is 6.11. The smallest absolute Gasteiger partial charge is 0.328 e. The fourth-order valence-corrected chi connectivity index (χ4v) is 2.52. The molecule has 0 saturated heterocycles. The van der Waals surface area contributed by atoms with Crippen molar-refractivity contribution in [1.82, 2.24) is 5.32 Å². The van der Waals surface area contributed by atoms with Gasteiger partial charge in [0.1, 0.15) is 24.1 Å². The summed E-state index contributed by atoms with van der Waals surface area (Å²) in [5.74, 6) is 0.257. The molecule has 0 saturated carbocycles. The Bertz CT molecular complexity index is 808. The lowest BCUT2D eigenvalue weighted by atomic mass is 10.1. The summed E-state index contributed by atoms with van der Waals surface area (Å²) in [5.41, 5.74) is 2.14. The molecule has 28 heavy (non-hydrogen) atoms. The van der Waals surface area contributed by atoms with E-state index in [4.69, 9.17) is 9.47 Å². The number of esters is 2. The minimum Gasteiger partial charge on any atom is -0.488 e. The van der Waals surface area contributed by atoms with Crippen molar-refractivity contribution in [3.05, 3.63) is 59.7 Å². The van der Waals surface area contributed by atoms with Gasteiger partial charge in [-0.1, -0.05) is 30.3 Å². The second kappa shape index (κ2) is 10.1. The molecule has 0 fully saturated rings. The average Bonchev–Trinajstić information content (AvgIpc) is 2.63. The van der Waals surface area contributed by atoms with Gasteiger partial charge in [-0.2, -0.15) is 0 Å². The first-order chi connectivity index (χ1) is 13.4. The first-order valence-corrected chi connectivity index (χ1v) is 8.72. The fourth-order valence-electron chi connectivity index (χ4n) is 2.52. The van der Waals surface area contributed by atoms with Crippen LogP contribution in [0, 0.1) is 0 Å². The van der Waals surface area contributed by atoms with E-state index in [1.165, 1.54) is 26.5 Å². The first-order valence-electron chi connectivity index (χ1n) is 8.72. The lowest BCUT2D eigenvalue weighted by molar-refractivity contribution is -0.144. The number of methoxy groups -OCH3 is 1. The van der Waals surface area contributed by atoms with Crippen LogP contribution in [-0.4, -0.2) is 31.0 Å². The zero-order valence-electron chi connectivity index (χ0n) is 16.1. The second-order valence-electron chi connectivity index (χ2n) is 6.11. The summed E-state index contributed by atoms with van der Waals surface area (Å²) in [7, 11) is 1.26. The van der Waals surface area contributed by atoms with E-state index < -0.39 is 18.0 Å². The molecule has 1 N–H and O–H groups in total. The van der Waals surface area contributed by atoms with Crippen molar-refractivity contribution >= 4 is 17.8 Å². The number of nitrogens with one attached hydrogen (secondary N) is 1. The highest BCUT2D eigenvalue weighted by Crippen LogP contribution is 2.27. The summed E-state index contributed by atoms with van der Waals surface area (Å²) >= 11 is 0. The van der Waals surface area contributed by atoms with Gasteiger partial charge in [-0.15, -0.1) is 0 Å². The Balaban J connectivity index is 0.000000285. The van der Waals surface area contributed by atoms with Gasteiger partial charge >= 0.3 is 11.9 Å². The van der Waals surface area contributed by atoms with Crippen LogP contribution in [0.2, 0.25) is 0 Å². The van der Waals surface area contributed by atoms with Crippen LogP contribution in [0.5, 0.6) is 11.5 Å². The summed E-state index contributed by atoms with van der Waals surface area (Å²) in [4.78, 5) is 33.4. The SMILES string of the molecule is COC(=O)C(Cc1ccc(OC(C)=O)cc1)NC(C)=O.c1ccc2c(c1)CO2. The van der Waals surface area contributed by atoms with E-state index in [1.54, 1.807) is 24.3 Å². The van der Waals surface area contributed by atoms with Crippen molar-refractivity contribution in [2.75, 3.05) is 7.11 Å². The largest absolute Gasteiger partial charge is 0.488 e. The Morgan fingerprint density at radius 3 is 2.18 bits per heavy atom. The molecule has 2 aromatic rings. The van der Waals surface area contributed by atoms with Crippen LogP contribution in [0.25, 0.3) is 0 Å². The standard InChI is InChI=1S/C14H17NO5.C7H6O/c1-9(16)15-13(14(18)19-3)8-11-4-6-12(7-5-11)20-10(2)17;1-2-4-7-6(3-1)5-8-7/h4-7,13H,8H2,1-3H3,(H,15,16);1-4H,5H2. The van der Waals surface area contributed by atoms with Gasteiger partial charge in [0.25, 0.3) is 0 Å². The molecule has 1 aliphatic rings. The number of para-hydroxylation sites is 1.